The van der Waals surface area contributed by atoms with E-state index < -0.39 is 0 Å². The van der Waals surface area contributed by atoms with Crippen LogP contribution in [0, 0.1) is 18.3 Å². The van der Waals surface area contributed by atoms with Gasteiger partial charge in [-0.2, -0.15) is 4.40 Å². The number of hydrogen-bond acceptors (Lipinski definition) is 3. The second kappa shape index (κ2) is 4.79. The molecule has 1 aromatic rings. The van der Waals surface area contributed by atoms with Crippen LogP contribution in [0.1, 0.15) is 37.8 Å². The Morgan fingerprint density at radius 3 is 2.73 bits per heavy atom. The van der Waals surface area contributed by atoms with Crippen LogP contribution in [0.2, 0.25) is 0 Å². The van der Waals surface area contributed by atoms with E-state index in [4.69, 9.17) is 10.8 Å². The molecule has 2 nitrogen and oxygen atoms in total. The van der Waals surface area contributed by atoms with Gasteiger partial charge >= 0.3 is 0 Å². The first-order valence-electron chi connectivity index (χ1n) is 7.68. The van der Waals surface area contributed by atoms with Gasteiger partial charge in [0.25, 0.3) is 0 Å². The second-order valence-corrected chi connectivity index (χ2v) is 6.81. The van der Waals surface area contributed by atoms with Gasteiger partial charge in [0.2, 0.25) is 0 Å². The van der Waals surface area contributed by atoms with E-state index >= 15 is 0 Å². The van der Waals surface area contributed by atoms with Gasteiger partial charge < -0.3 is 4.90 Å². The maximum atomic E-state index is 5.87. The zero-order valence-corrected chi connectivity index (χ0v) is 13.8. The fraction of sp³-hybridized carbons (Fsp3) is 0.316. The monoisotopic (exact) mass is 306 g/mol. The number of terminal acetylenes is 1. The largest absolute Gasteiger partial charge is 0.310 e. The first kappa shape index (κ1) is 13.7. The van der Waals surface area contributed by atoms with Gasteiger partial charge in [-0.1, -0.05) is 43.2 Å². The zero-order chi connectivity index (χ0) is 15.4. The summed E-state index contributed by atoms with van der Waals surface area (Å²) in [5, 5.41) is 0.304. The van der Waals surface area contributed by atoms with Crippen LogP contribution in [-0.4, -0.2) is 11.2 Å². The molecule has 3 heteroatoms. The third kappa shape index (κ3) is 1.51. The highest BCUT2D eigenvalue weighted by atomic mass is 32.2. The Hall–Kier alpha value is -1.92. The van der Waals surface area contributed by atoms with Crippen LogP contribution in [0.15, 0.2) is 40.3 Å². The lowest BCUT2D eigenvalue weighted by atomic mass is 9.77. The molecule has 0 spiro atoms. The van der Waals surface area contributed by atoms with E-state index in [-0.39, 0.29) is 5.92 Å². The Morgan fingerprint density at radius 1 is 1.27 bits per heavy atom. The molecule has 110 valence electrons. The van der Waals surface area contributed by atoms with Crippen LogP contribution >= 0.6 is 11.9 Å². The minimum Gasteiger partial charge on any atom is -0.310 e. The van der Waals surface area contributed by atoms with Crippen LogP contribution in [-0.2, 0) is 0 Å². The molecule has 3 aliphatic heterocycles. The molecular weight excluding hydrogens is 288 g/mol. The Morgan fingerprint density at radius 2 is 2.05 bits per heavy atom. The summed E-state index contributed by atoms with van der Waals surface area (Å²) in [6, 6.07) is 6.52. The molecule has 1 aromatic carbocycles. The van der Waals surface area contributed by atoms with Crippen LogP contribution in [0.3, 0.4) is 0 Å². The molecule has 0 radical (unpaired) electrons. The highest BCUT2D eigenvalue weighted by Gasteiger charge is 2.48. The normalized spacial score (nSPS) is 32.0. The van der Waals surface area contributed by atoms with Gasteiger partial charge in [-0.25, -0.2) is 0 Å². The van der Waals surface area contributed by atoms with E-state index in [0.29, 0.717) is 11.3 Å². The van der Waals surface area contributed by atoms with Gasteiger partial charge in [0.05, 0.1) is 11.6 Å². The van der Waals surface area contributed by atoms with Gasteiger partial charge in [0, 0.05) is 29.0 Å². The fourth-order valence-electron chi connectivity index (χ4n) is 3.91. The molecule has 0 saturated carbocycles. The number of para-hydroxylation sites is 1. The molecule has 0 amide bonds. The average Bonchev–Trinajstić information content (AvgIpc) is 2.98. The lowest BCUT2D eigenvalue weighted by Gasteiger charge is -2.44. The summed E-state index contributed by atoms with van der Waals surface area (Å²) in [7, 11) is 0. The van der Waals surface area contributed by atoms with Crippen molar-refractivity contribution in [1.29, 1.82) is 0 Å². The number of allylic oxidation sites excluding steroid dienone is 2. The topological polar surface area (TPSA) is 15.6 Å². The number of nitrogens with zero attached hydrogens (tertiary/aromatic N) is 2. The van der Waals surface area contributed by atoms with Crippen molar-refractivity contribution in [3.8, 4) is 12.3 Å². The predicted molar refractivity (Wildman–Crippen MR) is 95.9 cm³/mol. The molecule has 22 heavy (non-hydrogen) atoms. The maximum Gasteiger partial charge on any atom is 0.149 e. The van der Waals surface area contributed by atoms with Gasteiger partial charge in [-0.15, -0.1) is 6.42 Å². The third-order valence-electron chi connectivity index (χ3n) is 4.93. The van der Waals surface area contributed by atoms with E-state index in [2.05, 4.69) is 61.9 Å². The van der Waals surface area contributed by atoms with Crippen molar-refractivity contribution in [3.63, 3.8) is 0 Å². The molecule has 0 saturated heterocycles. The molecule has 0 N–H and O–H groups in total. The predicted octanol–water partition coefficient (Wildman–Crippen LogP) is 4.61. The zero-order valence-electron chi connectivity index (χ0n) is 13.0. The lowest BCUT2D eigenvalue weighted by molar-refractivity contribution is 0.498. The van der Waals surface area contributed by atoms with Crippen LogP contribution in [0.25, 0.3) is 5.57 Å². The first-order chi connectivity index (χ1) is 10.7. The molecule has 3 unspecified atom stereocenters. The second-order valence-electron chi connectivity index (χ2n) is 5.93. The van der Waals surface area contributed by atoms with E-state index in [0.717, 1.165) is 5.84 Å². The molecule has 3 atom stereocenters. The van der Waals surface area contributed by atoms with E-state index in [1.807, 2.05) is 0 Å². The van der Waals surface area contributed by atoms with Gasteiger partial charge in [0.1, 0.15) is 11.2 Å². The van der Waals surface area contributed by atoms with Crippen molar-refractivity contribution in [1.82, 2.24) is 0 Å². The molecule has 0 aromatic heterocycles. The third-order valence-corrected chi connectivity index (χ3v) is 6.06. The minimum atomic E-state index is 0.156. The van der Waals surface area contributed by atoms with Gasteiger partial charge in [-0.3, -0.25) is 0 Å². The maximum absolute atomic E-state index is 5.87. The molecule has 0 fully saturated rings. The molecule has 0 aliphatic carbocycles. The highest BCUT2D eigenvalue weighted by Crippen LogP contribution is 2.55. The van der Waals surface area contributed by atoms with Crippen molar-refractivity contribution in [2.45, 2.75) is 32.1 Å². The standard InChI is InChI=1S/C19H18N2S/c1-5-12-11(4)19-21-17-15(12)9-8-10-16(17)13(6-2)14(7-3)18(21)20-22-19/h1,6-12,19H,2-4H3/b13-6+,14-7+. The summed E-state index contributed by atoms with van der Waals surface area (Å²) in [5.74, 6) is 4.65. The molecule has 3 aliphatic rings. The number of anilines is 1. The van der Waals surface area contributed by atoms with Gasteiger partial charge in [-0.05, 0) is 25.0 Å². The van der Waals surface area contributed by atoms with E-state index in [9.17, 15) is 0 Å². The van der Waals surface area contributed by atoms with Crippen molar-refractivity contribution in [2.75, 3.05) is 4.90 Å². The summed E-state index contributed by atoms with van der Waals surface area (Å²) in [6.07, 6.45) is 10.2. The summed E-state index contributed by atoms with van der Waals surface area (Å²) >= 11 is 1.67. The van der Waals surface area contributed by atoms with Gasteiger partial charge in [0.15, 0.2) is 0 Å². The van der Waals surface area contributed by atoms with E-state index in [1.165, 1.54) is 28.0 Å². The fourth-order valence-corrected chi connectivity index (χ4v) is 4.95. The summed E-state index contributed by atoms with van der Waals surface area (Å²) in [5.41, 5.74) is 6.32. The smallest absolute Gasteiger partial charge is 0.149 e. The minimum absolute atomic E-state index is 0.156. The highest BCUT2D eigenvalue weighted by molar-refractivity contribution is 7.99. The molecule has 4 rings (SSSR count). The number of rotatable bonds is 0. The Bertz CT molecular complexity index is 794. The van der Waals surface area contributed by atoms with Crippen molar-refractivity contribution >= 4 is 29.0 Å². The number of amidine groups is 1. The summed E-state index contributed by atoms with van der Waals surface area (Å²) in [4.78, 5) is 2.41. The first-order valence-corrected chi connectivity index (χ1v) is 8.52. The summed E-state index contributed by atoms with van der Waals surface area (Å²) in [6.45, 7) is 6.43. The van der Waals surface area contributed by atoms with Crippen LogP contribution < -0.4 is 4.90 Å². The Labute approximate surface area is 136 Å². The SMILES string of the molecule is C#CC1c2cccc3c2N2C(=NSC2C1C)C(=C/C)/C3=C\C. The molecule has 0 bridgehead atoms. The quantitative estimate of drug-likeness (QED) is 0.514. The Kier molecular flexibility index (Phi) is 2.99. The number of hydrogen-bond donors (Lipinski definition) is 0. The van der Waals surface area contributed by atoms with Crippen molar-refractivity contribution in [2.24, 2.45) is 10.3 Å². The summed E-state index contributed by atoms with van der Waals surface area (Å²) < 4.78 is 4.79. The van der Waals surface area contributed by atoms with Crippen LogP contribution in [0.4, 0.5) is 5.69 Å². The van der Waals surface area contributed by atoms with Crippen molar-refractivity contribution in [3.05, 3.63) is 47.1 Å². The average molecular weight is 306 g/mol. The molecule has 3 heterocycles. The number of benzene rings is 1. The van der Waals surface area contributed by atoms with E-state index in [1.54, 1.807) is 11.9 Å². The lowest BCUT2D eigenvalue weighted by Crippen LogP contribution is -2.47. The Balaban J connectivity index is 2.09. The van der Waals surface area contributed by atoms with Crippen LogP contribution in [0.5, 0.6) is 0 Å². The van der Waals surface area contributed by atoms with Crippen molar-refractivity contribution < 1.29 is 0 Å². The molecular formula is C19H18N2S.